The van der Waals surface area contributed by atoms with Crippen molar-refractivity contribution in [2.24, 2.45) is 0 Å². The molecular formula is C26H27N3O3. The SMILES string of the molecule is Cc1cccc(C)c1NC(=O)CN(C)C(=O)CNC(=O)c1ccc(-c2ccccc2)cc1. The van der Waals surface area contributed by atoms with E-state index in [1.54, 1.807) is 12.1 Å². The van der Waals surface area contributed by atoms with Gasteiger partial charge in [0.2, 0.25) is 11.8 Å². The van der Waals surface area contributed by atoms with Crippen LogP contribution in [0.25, 0.3) is 11.1 Å². The summed E-state index contributed by atoms with van der Waals surface area (Å²) in [5, 5.41) is 5.47. The molecule has 0 bridgehead atoms. The quantitative estimate of drug-likeness (QED) is 0.600. The number of carbonyl (C=O) groups is 3. The summed E-state index contributed by atoms with van der Waals surface area (Å²) in [4.78, 5) is 38.4. The van der Waals surface area contributed by atoms with Crippen LogP contribution in [0.15, 0.2) is 72.8 Å². The van der Waals surface area contributed by atoms with Crippen molar-refractivity contribution in [3.63, 3.8) is 0 Å². The molecular weight excluding hydrogens is 402 g/mol. The van der Waals surface area contributed by atoms with Crippen LogP contribution in [0.2, 0.25) is 0 Å². The molecule has 0 atom stereocenters. The molecule has 3 aromatic carbocycles. The van der Waals surface area contributed by atoms with Gasteiger partial charge in [-0.25, -0.2) is 0 Å². The van der Waals surface area contributed by atoms with E-state index in [0.717, 1.165) is 27.9 Å². The average Bonchev–Trinajstić information content (AvgIpc) is 2.80. The predicted octanol–water partition coefficient (Wildman–Crippen LogP) is 3.80. The first-order valence-electron chi connectivity index (χ1n) is 10.4. The molecule has 0 spiro atoms. The van der Waals surface area contributed by atoms with Gasteiger partial charge in [-0.3, -0.25) is 14.4 Å². The average molecular weight is 430 g/mol. The molecule has 0 aliphatic heterocycles. The first-order chi connectivity index (χ1) is 15.3. The molecule has 0 aliphatic carbocycles. The topological polar surface area (TPSA) is 78.5 Å². The Bertz CT molecular complexity index is 1090. The molecule has 0 radical (unpaired) electrons. The van der Waals surface area contributed by atoms with Crippen molar-refractivity contribution in [2.75, 3.05) is 25.5 Å². The molecule has 3 rings (SSSR count). The van der Waals surface area contributed by atoms with Crippen LogP contribution in [0.5, 0.6) is 0 Å². The normalized spacial score (nSPS) is 10.3. The zero-order chi connectivity index (χ0) is 23.1. The van der Waals surface area contributed by atoms with Crippen LogP contribution >= 0.6 is 0 Å². The van der Waals surface area contributed by atoms with E-state index >= 15 is 0 Å². The van der Waals surface area contributed by atoms with E-state index in [1.165, 1.54) is 11.9 Å². The Hall–Kier alpha value is -3.93. The highest BCUT2D eigenvalue weighted by Crippen LogP contribution is 2.20. The number of carbonyl (C=O) groups excluding carboxylic acids is 3. The molecule has 0 aliphatic rings. The lowest BCUT2D eigenvalue weighted by molar-refractivity contribution is -0.132. The molecule has 0 unspecified atom stereocenters. The van der Waals surface area contributed by atoms with Gasteiger partial charge in [0.25, 0.3) is 5.91 Å². The fraction of sp³-hybridized carbons (Fsp3) is 0.192. The second-order valence-corrected chi connectivity index (χ2v) is 7.69. The number of aryl methyl sites for hydroxylation is 2. The standard InChI is InChI=1S/C26H27N3O3/c1-18-8-7-9-19(2)25(18)28-23(30)17-29(3)24(31)16-27-26(32)22-14-12-21(13-15-22)20-10-5-4-6-11-20/h4-15H,16-17H2,1-3H3,(H,27,32)(H,28,30). The highest BCUT2D eigenvalue weighted by molar-refractivity contribution is 5.98. The third-order valence-corrected chi connectivity index (χ3v) is 5.21. The molecule has 3 amide bonds. The molecule has 32 heavy (non-hydrogen) atoms. The minimum atomic E-state index is -0.351. The van der Waals surface area contributed by atoms with Gasteiger partial charge in [-0.2, -0.15) is 0 Å². The minimum Gasteiger partial charge on any atom is -0.343 e. The van der Waals surface area contributed by atoms with Crippen molar-refractivity contribution in [1.29, 1.82) is 0 Å². The molecule has 6 heteroatoms. The second kappa shape index (κ2) is 10.4. The van der Waals surface area contributed by atoms with E-state index in [0.29, 0.717) is 5.56 Å². The molecule has 0 heterocycles. The van der Waals surface area contributed by atoms with Crippen molar-refractivity contribution in [3.05, 3.63) is 89.5 Å². The first-order valence-corrected chi connectivity index (χ1v) is 10.4. The summed E-state index contributed by atoms with van der Waals surface area (Å²) in [5.74, 6) is -0.983. The van der Waals surface area contributed by atoms with Crippen LogP contribution < -0.4 is 10.6 Å². The maximum Gasteiger partial charge on any atom is 0.251 e. The van der Waals surface area contributed by atoms with Crippen molar-refractivity contribution in [3.8, 4) is 11.1 Å². The lowest BCUT2D eigenvalue weighted by Crippen LogP contribution is -2.41. The summed E-state index contributed by atoms with van der Waals surface area (Å²) in [7, 11) is 1.54. The van der Waals surface area contributed by atoms with Crippen molar-refractivity contribution < 1.29 is 14.4 Å². The second-order valence-electron chi connectivity index (χ2n) is 7.69. The van der Waals surface area contributed by atoms with E-state index in [1.807, 2.05) is 74.5 Å². The van der Waals surface area contributed by atoms with Crippen LogP contribution in [0.4, 0.5) is 5.69 Å². The van der Waals surface area contributed by atoms with Gasteiger partial charge < -0.3 is 15.5 Å². The third kappa shape index (κ3) is 5.82. The van der Waals surface area contributed by atoms with E-state index in [9.17, 15) is 14.4 Å². The molecule has 3 aromatic rings. The van der Waals surface area contributed by atoms with Crippen molar-refractivity contribution in [2.45, 2.75) is 13.8 Å². The summed E-state index contributed by atoms with van der Waals surface area (Å²) in [6.07, 6.45) is 0. The Labute approximate surface area is 188 Å². The largest absolute Gasteiger partial charge is 0.343 e. The molecule has 0 saturated heterocycles. The van der Waals surface area contributed by atoms with E-state index in [2.05, 4.69) is 10.6 Å². The van der Waals surface area contributed by atoms with Crippen LogP contribution in [-0.4, -0.2) is 42.8 Å². The van der Waals surface area contributed by atoms with Crippen LogP contribution in [0.1, 0.15) is 21.5 Å². The zero-order valence-electron chi connectivity index (χ0n) is 18.5. The molecule has 0 saturated carbocycles. The summed E-state index contributed by atoms with van der Waals surface area (Å²) in [5.41, 5.74) is 5.21. The molecule has 0 aromatic heterocycles. The number of hydrogen-bond donors (Lipinski definition) is 2. The van der Waals surface area contributed by atoms with Crippen LogP contribution in [-0.2, 0) is 9.59 Å². The maximum atomic E-state index is 12.4. The van der Waals surface area contributed by atoms with E-state index in [4.69, 9.17) is 0 Å². The number of amides is 3. The van der Waals surface area contributed by atoms with Gasteiger partial charge in [0.05, 0.1) is 13.1 Å². The van der Waals surface area contributed by atoms with Gasteiger partial charge in [-0.15, -0.1) is 0 Å². The third-order valence-electron chi connectivity index (χ3n) is 5.21. The molecule has 0 fully saturated rings. The Morgan fingerprint density at radius 3 is 2.00 bits per heavy atom. The van der Waals surface area contributed by atoms with Crippen LogP contribution in [0, 0.1) is 13.8 Å². The number of rotatable bonds is 7. The fourth-order valence-corrected chi connectivity index (χ4v) is 3.33. The van der Waals surface area contributed by atoms with Gasteiger partial charge in [0.15, 0.2) is 0 Å². The summed E-state index contributed by atoms with van der Waals surface area (Å²) in [6, 6.07) is 22.8. The van der Waals surface area contributed by atoms with Gasteiger partial charge in [0.1, 0.15) is 0 Å². The number of likely N-dealkylation sites (N-methyl/N-ethyl adjacent to an activating group) is 1. The minimum absolute atomic E-state index is 0.103. The van der Waals surface area contributed by atoms with Gasteiger partial charge in [0, 0.05) is 18.3 Å². The van der Waals surface area contributed by atoms with Crippen molar-refractivity contribution >= 4 is 23.4 Å². The number of nitrogens with zero attached hydrogens (tertiary/aromatic N) is 1. The lowest BCUT2D eigenvalue weighted by atomic mass is 10.0. The number of hydrogen-bond acceptors (Lipinski definition) is 3. The zero-order valence-corrected chi connectivity index (χ0v) is 18.5. The summed E-state index contributed by atoms with van der Waals surface area (Å²) < 4.78 is 0. The Morgan fingerprint density at radius 1 is 0.781 bits per heavy atom. The fourth-order valence-electron chi connectivity index (χ4n) is 3.33. The molecule has 6 nitrogen and oxygen atoms in total. The monoisotopic (exact) mass is 429 g/mol. The smallest absolute Gasteiger partial charge is 0.251 e. The Kier molecular flexibility index (Phi) is 7.39. The number of para-hydroxylation sites is 1. The van der Waals surface area contributed by atoms with Gasteiger partial charge in [-0.1, -0.05) is 60.7 Å². The predicted molar refractivity (Wildman–Crippen MR) is 126 cm³/mol. The summed E-state index contributed by atoms with van der Waals surface area (Å²) in [6.45, 7) is 3.54. The van der Waals surface area contributed by atoms with Gasteiger partial charge >= 0.3 is 0 Å². The maximum absolute atomic E-state index is 12.4. The molecule has 164 valence electrons. The Morgan fingerprint density at radius 2 is 1.38 bits per heavy atom. The molecule has 2 N–H and O–H groups in total. The van der Waals surface area contributed by atoms with Gasteiger partial charge in [-0.05, 0) is 48.2 Å². The first kappa shape index (κ1) is 22.7. The Balaban J connectivity index is 1.50. The van der Waals surface area contributed by atoms with Crippen LogP contribution in [0.3, 0.4) is 0 Å². The highest BCUT2D eigenvalue weighted by atomic mass is 16.2. The van der Waals surface area contributed by atoms with Crippen molar-refractivity contribution in [1.82, 2.24) is 10.2 Å². The highest BCUT2D eigenvalue weighted by Gasteiger charge is 2.16. The lowest BCUT2D eigenvalue weighted by Gasteiger charge is -2.18. The number of anilines is 1. The number of benzene rings is 3. The van der Waals surface area contributed by atoms with E-state index in [-0.39, 0.29) is 30.8 Å². The number of nitrogens with one attached hydrogen (secondary N) is 2. The van der Waals surface area contributed by atoms with E-state index < -0.39 is 0 Å². The summed E-state index contributed by atoms with van der Waals surface area (Å²) >= 11 is 0.